The Morgan fingerprint density at radius 2 is 2.08 bits per heavy atom. The van der Waals surface area contributed by atoms with E-state index in [0.29, 0.717) is 17.7 Å². The van der Waals surface area contributed by atoms with E-state index in [1.54, 1.807) is 0 Å². The number of hydrogen-bond acceptors (Lipinski definition) is 6. The molecule has 0 aliphatic carbocycles. The smallest absolute Gasteiger partial charge is 0.328 e. The summed E-state index contributed by atoms with van der Waals surface area (Å²) in [5.41, 5.74) is 8.30. The molecule has 0 saturated heterocycles. The molecule has 0 atom stereocenters. The minimum atomic E-state index is -0.338. The van der Waals surface area contributed by atoms with E-state index < -0.39 is 0 Å². The Balaban J connectivity index is 2.03. The van der Waals surface area contributed by atoms with Crippen molar-refractivity contribution in [1.29, 1.82) is 0 Å². The normalized spacial score (nSPS) is 10.9. The van der Waals surface area contributed by atoms with E-state index in [9.17, 15) is 4.79 Å². The number of aliphatic hydroxyl groups excluding tert-OH is 1. The third-order valence-corrected chi connectivity index (χ3v) is 3.46. The van der Waals surface area contributed by atoms with Gasteiger partial charge in [0.15, 0.2) is 11.5 Å². The number of rotatable bonds is 5. The first-order valence-corrected chi connectivity index (χ1v) is 7.25. The van der Waals surface area contributed by atoms with Gasteiger partial charge in [-0.05, 0) is 12.5 Å². The summed E-state index contributed by atoms with van der Waals surface area (Å²) >= 11 is 0. The number of anilines is 1. The fourth-order valence-corrected chi connectivity index (χ4v) is 2.27. The van der Waals surface area contributed by atoms with Crippen molar-refractivity contribution in [3.05, 3.63) is 58.2 Å². The third kappa shape index (κ3) is 3.07. The molecule has 1 aromatic carbocycles. The number of H-pyrrole nitrogens is 1. The Hall–Kier alpha value is -3.29. The number of nitrogens with zero attached hydrogens (tertiary/aromatic N) is 3. The molecule has 2 aromatic heterocycles. The van der Waals surface area contributed by atoms with Crippen LogP contribution in [0.1, 0.15) is 11.1 Å². The van der Waals surface area contributed by atoms with Crippen LogP contribution in [0.4, 0.5) is 5.82 Å². The highest BCUT2D eigenvalue weighted by Gasteiger charge is 2.15. The van der Waals surface area contributed by atoms with Gasteiger partial charge in [-0.1, -0.05) is 36.4 Å². The van der Waals surface area contributed by atoms with Crippen LogP contribution in [0.15, 0.2) is 41.4 Å². The number of aryl methyl sites for hydroxylation is 1. The standard InChI is InChI=1S/C16H17N5O3/c1-9-3-5-11(6-4-9)7-21-14-12(18-16(21)23)13(17)19-15(20-14)24-8-10(2)22/h3-6,22H,2,7-8H2,1H3,(H,18,23)(H2,17,19,20). The van der Waals surface area contributed by atoms with E-state index in [0.717, 1.165) is 11.1 Å². The predicted octanol–water partition coefficient (Wildman–Crippen LogP) is 1.51. The molecule has 3 rings (SSSR count). The number of nitrogens with one attached hydrogen (secondary N) is 1. The topological polar surface area (TPSA) is 119 Å². The van der Waals surface area contributed by atoms with E-state index in [4.69, 9.17) is 15.6 Å². The van der Waals surface area contributed by atoms with Gasteiger partial charge in [-0.3, -0.25) is 4.57 Å². The predicted molar refractivity (Wildman–Crippen MR) is 90.1 cm³/mol. The number of aromatic nitrogens is 4. The van der Waals surface area contributed by atoms with E-state index in [-0.39, 0.29) is 29.9 Å². The van der Waals surface area contributed by atoms with Gasteiger partial charge in [-0.2, -0.15) is 9.97 Å². The van der Waals surface area contributed by atoms with Gasteiger partial charge < -0.3 is 20.6 Å². The van der Waals surface area contributed by atoms with Gasteiger partial charge >= 0.3 is 11.7 Å². The number of hydrogen-bond donors (Lipinski definition) is 3. The van der Waals surface area contributed by atoms with Crippen molar-refractivity contribution >= 4 is 17.0 Å². The van der Waals surface area contributed by atoms with E-state index in [1.165, 1.54) is 4.57 Å². The average molecular weight is 327 g/mol. The SMILES string of the molecule is C=C(O)COc1nc(N)c2[nH]c(=O)n(Cc3ccc(C)cc3)c2n1. The van der Waals surface area contributed by atoms with Crippen molar-refractivity contribution in [2.45, 2.75) is 13.5 Å². The summed E-state index contributed by atoms with van der Waals surface area (Å²) in [5, 5.41) is 9.10. The second kappa shape index (κ2) is 6.07. The molecule has 0 unspecified atom stereocenters. The van der Waals surface area contributed by atoms with Crippen molar-refractivity contribution in [3.8, 4) is 6.01 Å². The highest BCUT2D eigenvalue weighted by atomic mass is 16.5. The van der Waals surface area contributed by atoms with Crippen molar-refractivity contribution < 1.29 is 9.84 Å². The lowest BCUT2D eigenvalue weighted by atomic mass is 10.1. The molecule has 0 radical (unpaired) electrons. The Bertz CT molecular complexity index is 956. The largest absolute Gasteiger partial charge is 0.509 e. The van der Waals surface area contributed by atoms with E-state index >= 15 is 0 Å². The summed E-state index contributed by atoms with van der Waals surface area (Å²) in [7, 11) is 0. The lowest BCUT2D eigenvalue weighted by Crippen LogP contribution is -2.17. The average Bonchev–Trinajstić information content (AvgIpc) is 2.84. The Morgan fingerprint density at radius 3 is 2.75 bits per heavy atom. The number of nitrogens with two attached hydrogens (primary N) is 1. The summed E-state index contributed by atoms with van der Waals surface area (Å²) < 4.78 is 6.66. The number of aliphatic hydroxyl groups is 1. The maximum absolute atomic E-state index is 12.2. The fraction of sp³-hybridized carbons (Fsp3) is 0.188. The van der Waals surface area contributed by atoms with Crippen molar-refractivity contribution in [2.75, 3.05) is 12.3 Å². The van der Waals surface area contributed by atoms with Crippen LogP contribution in [-0.4, -0.2) is 31.2 Å². The van der Waals surface area contributed by atoms with E-state index in [2.05, 4.69) is 21.5 Å². The molecule has 0 bridgehead atoms. The quantitative estimate of drug-likeness (QED) is 0.611. The first-order valence-electron chi connectivity index (χ1n) is 7.25. The Morgan fingerprint density at radius 1 is 1.38 bits per heavy atom. The lowest BCUT2D eigenvalue weighted by Gasteiger charge is -2.07. The zero-order valence-electron chi connectivity index (χ0n) is 13.1. The monoisotopic (exact) mass is 327 g/mol. The van der Waals surface area contributed by atoms with E-state index in [1.807, 2.05) is 31.2 Å². The molecule has 124 valence electrons. The molecule has 0 spiro atoms. The van der Waals surface area contributed by atoms with Crippen LogP contribution in [0.3, 0.4) is 0 Å². The molecular weight excluding hydrogens is 310 g/mol. The summed E-state index contributed by atoms with van der Waals surface area (Å²) in [6.07, 6.45) is 0. The molecular formula is C16H17N5O3. The fourth-order valence-electron chi connectivity index (χ4n) is 2.27. The van der Waals surface area contributed by atoms with Crippen molar-refractivity contribution in [2.24, 2.45) is 0 Å². The molecule has 0 fully saturated rings. The first-order chi connectivity index (χ1) is 11.4. The minimum Gasteiger partial charge on any atom is -0.509 e. The van der Waals surface area contributed by atoms with Crippen LogP contribution >= 0.6 is 0 Å². The van der Waals surface area contributed by atoms with Crippen LogP contribution in [0.2, 0.25) is 0 Å². The Kier molecular flexibility index (Phi) is 3.95. The molecule has 0 aliphatic rings. The molecule has 8 nitrogen and oxygen atoms in total. The molecule has 24 heavy (non-hydrogen) atoms. The molecule has 0 aliphatic heterocycles. The third-order valence-electron chi connectivity index (χ3n) is 3.46. The number of fused-ring (bicyclic) bond motifs is 1. The minimum absolute atomic E-state index is 0.0353. The zero-order chi connectivity index (χ0) is 17.3. The summed E-state index contributed by atoms with van der Waals surface area (Å²) in [6, 6.07) is 7.79. The van der Waals surface area contributed by atoms with Crippen molar-refractivity contribution in [1.82, 2.24) is 19.5 Å². The van der Waals surface area contributed by atoms with Gasteiger partial charge in [0.05, 0.1) is 6.54 Å². The van der Waals surface area contributed by atoms with Gasteiger partial charge in [0.1, 0.15) is 17.9 Å². The molecule has 0 saturated carbocycles. The molecule has 0 amide bonds. The van der Waals surface area contributed by atoms with Gasteiger partial charge in [-0.25, -0.2) is 4.79 Å². The zero-order valence-corrected chi connectivity index (χ0v) is 13.1. The highest BCUT2D eigenvalue weighted by molar-refractivity contribution is 5.81. The number of imidazole rings is 1. The first kappa shape index (κ1) is 15.6. The second-order valence-corrected chi connectivity index (χ2v) is 5.45. The Labute approximate surface area is 137 Å². The number of aromatic amines is 1. The summed E-state index contributed by atoms with van der Waals surface area (Å²) in [5.74, 6) is -0.0679. The number of benzene rings is 1. The second-order valence-electron chi connectivity index (χ2n) is 5.45. The van der Waals surface area contributed by atoms with Crippen LogP contribution in [0, 0.1) is 6.92 Å². The number of nitrogen functional groups attached to an aromatic ring is 1. The van der Waals surface area contributed by atoms with Crippen LogP contribution in [-0.2, 0) is 6.54 Å². The summed E-state index contributed by atoms with van der Waals surface area (Å²) in [6.45, 7) is 5.50. The van der Waals surface area contributed by atoms with Crippen LogP contribution < -0.4 is 16.2 Å². The lowest BCUT2D eigenvalue weighted by molar-refractivity contribution is 0.257. The molecule has 2 heterocycles. The van der Waals surface area contributed by atoms with Gasteiger partial charge in [0.25, 0.3) is 0 Å². The van der Waals surface area contributed by atoms with Crippen LogP contribution in [0.25, 0.3) is 11.2 Å². The van der Waals surface area contributed by atoms with Gasteiger partial charge in [-0.15, -0.1) is 0 Å². The maximum Gasteiger partial charge on any atom is 0.328 e. The van der Waals surface area contributed by atoms with Crippen molar-refractivity contribution in [3.63, 3.8) is 0 Å². The molecule has 3 aromatic rings. The molecule has 8 heteroatoms. The maximum atomic E-state index is 12.2. The van der Waals surface area contributed by atoms with Crippen LogP contribution in [0.5, 0.6) is 6.01 Å². The van der Waals surface area contributed by atoms with Gasteiger partial charge in [0.2, 0.25) is 0 Å². The number of ether oxygens (including phenoxy) is 1. The van der Waals surface area contributed by atoms with Gasteiger partial charge in [0, 0.05) is 0 Å². The highest BCUT2D eigenvalue weighted by Crippen LogP contribution is 2.18. The molecule has 4 N–H and O–H groups in total. The summed E-state index contributed by atoms with van der Waals surface area (Å²) in [4.78, 5) is 23.0.